The summed E-state index contributed by atoms with van der Waals surface area (Å²) in [7, 11) is 0. The topological polar surface area (TPSA) is 78.2 Å². The van der Waals surface area contributed by atoms with Gasteiger partial charge in [0.25, 0.3) is 5.78 Å². The summed E-state index contributed by atoms with van der Waals surface area (Å²) in [6.45, 7) is 0. The van der Waals surface area contributed by atoms with Crippen LogP contribution in [0.25, 0.3) is 6.08 Å². The highest BCUT2D eigenvalue weighted by Gasteiger charge is 2.06. The Bertz CT molecular complexity index is 469. The van der Waals surface area contributed by atoms with E-state index in [4.69, 9.17) is 10.4 Å². The van der Waals surface area contributed by atoms with Crippen molar-refractivity contribution in [3.63, 3.8) is 0 Å². The summed E-state index contributed by atoms with van der Waals surface area (Å²) in [6.07, 6.45) is 2.24. The van der Waals surface area contributed by atoms with Crippen molar-refractivity contribution in [1.82, 2.24) is 0 Å². The molecule has 4 heteroatoms. The van der Waals surface area contributed by atoms with E-state index >= 15 is 0 Å². The number of carboxylic acids is 1. The first-order valence-corrected chi connectivity index (χ1v) is 4.09. The van der Waals surface area contributed by atoms with Gasteiger partial charge in [-0.25, -0.2) is 4.79 Å². The Hall–Kier alpha value is -2.41. The van der Waals surface area contributed by atoms with E-state index in [0.717, 1.165) is 6.08 Å². The lowest BCUT2D eigenvalue weighted by molar-refractivity contribution is -0.146. The van der Waals surface area contributed by atoms with Crippen molar-refractivity contribution in [3.05, 3.63) is 41.5 Å². The number of carbonyl (C=O) groups excluding carboxylic acids is 1. The van der Waals surface area contributed by atoms with Crippen LogP contribution in [0.2, 0.25) is 0 Å². The van der Waals surface area contributed by atoms with Gasteiger partial charge >= 0.3 is 5.97 Å². The quantitative estimate of drug-likeness (QED) is 0.589. The largest absolute Gasteiger partial charge is 0.475 e. The van der Waals surface area contributed by atoms with Gasteiger partial charge in [0, 0.05) is 0 Å². The minimum absolute atomic E-state index is 0.395. The molecule has 0 aliphatic carbocycles. The van der Waals surface area contributed by atoms with Gasteiger partial charge in [-0.15, -0.1) is 0 Å². The Kier molecular flexibility index (Phi) is 3.36. The molecule has 1 aromatic rings. The standard InChI is InChI=1S/C11H7NO3/c12-7-9-4-2-1-3-8(9)5-6-10(13)11(14)15/h1-6H,(H,14,15)/b6-5+. The molecule has 0 aliphatic rings. The molecule has 0 atom stereocenters. The molecule has 0 heterocycles. The number of carboxylic acid groups (broad SMARTS) is 1. The molecule has 0 saturated heterocycles. The number of nitrogens with zero attached hydrogens (tertiary/aromatic N) is 1. The number of nitriles is 1. The number of aliphatic carboxylic acids is 1. The van der Waals surface area contributed by atoms with Gasteiger partial charge in [0.15, 0.2) is 0 Å². The molecule has 0 spiro atoms. The normalized spacial score (nSPS) is 9.80. The van der Waals surface area contributed by atoms with Crippen molar-refractivity contribution >= 4 is 17.8 Å². The molecule has 0 aliphatic heterocycles. The number of ketones is 1. The van der Waals surface area contributed by atoms with Gasteiger partial charge in [0.05, 0.1) is 11.6 Å². The molecule has 4 nitrogen and oxygen atoms in total. The summed E-state index contributed by atoms with van der Waals surface area (Å²) in [5.74, 6) is -2.52. The predicted molar refractivity (Wildman–Crippen MR) is 52.8 cm³/mol. The first-order valence-electron chi connectivity index (χ1n) is 4.09. The lowest BCUT2D eigenvalue weighted by Gasteiger charge is -1.94. The lowest BCUT2D eigenvalue weighted by Crippen LogP contribution is -2.08. The number of hydrogen-bond donors (Lipinski definition) is 1. The third-order valence-electron chi connectivity index (χ3n) is 1.71. The van der Waals surface area contributed by atoms with Crippen LogP contribution in [0.4, 0.5) is 0 Å². The maximum Gasteiger partial charge on any atom is 0.376 e. The zero-order valence-electron chi connectivity index (χ0n) is 7.68. The molecule has 15 heavy (non-hydrogen) atoms. The molecule has 1 rings (SSSR count). The van der Waals surface area contributed by atoms with Crippen molar-refractivity contribution in [2.45, 2.75) is 0 Å². The van der Waals surface area contributed by atoms with Crippen molar-refractivity contribution < 1.29 is 14.7 Å². The zero-order valence-corrected chi connectivity index (χ0v) is 7.68. The van der Waals surface area contributed by atoms with Crippen molar-refractivity contribution in [2.24, 2.45) is 0 Å². The summed E-state index contributed by atoms with van der Waals surface area (Å²) in [5, 5.41) is 17.0. The number of hydrogen-bond acceptors (Lipinski definition) is 3. The average molecular weight is 201 g/mol. The Balaban J connectivity index is 2.95. The molecule has 1 N–H and O–H groups in total. The van der Waals surface area contributed by atoms with E-state index in [1.807, 2.05) is 6.07 Å². The first-order chi connectivity index (χ1) is 7.15. The molecule has 0 aromatic heterocycles. The minimum atomic E-state index is -1.51. The molecule has 0 bridgehead atoms. The average Bonchev–Trinajstić information content (AvgIpc) is 2.26. The van der Waals surface area contributed by atoms with E-state index in [0.29, 0.717) is 11.1 Å². The fraction of sp³-hybridized carbons (Fsp3) is 0. The summed E-state index contributed by atoms with van der Waals surface area (Å²) in [5.41, 5.74) is 0.918. The van der Waals surface area contributed by atoms with Crippen LogP contribution in [0.15, 0.2) is 30.3 Å². The highest BCUT2D eigenvalue weighted by atomic mass is 16.4. The molecule has 74 valence electrons. The molecule has 0 unspecified atom stereocenters. The predicted octanol–water partition coefficient (Wildman–Crippen LogP) is 1.23. The lowest BCUT2D eigenvalue weighted by atomic mass is 10.1. The van der Waals surface area contributed by atoms with Gasteiger partial charge in [0.2, 0.25) is 0 Å². The maximum atomic E-state index is 10.7. The summed E-state index contributed by atoms with van der Waals surface area (Å²) in [4.78, 5) is 21.0. The molecular weight excluding hydrogens is 194 g/mol. The van der Waals surface area contributed by atoms with Gasteiger partial charge in [-0.2, -0.15) is 5.26 Å². The van der Waals surface area contributed by atoms with E-state index in [9.17, 15) is 9.59 Å². The van der Waals surface area contributed by atoms with Crippen molar-refractivity contribution in [3.8, 4) is 6.07 Å². The SMILES string of the molecule is N#Cc1ccccc1/C=C/C(=O)C(=O)O. The van der Waals surface area contributed by atoms with Gasteiger partial charge in [-0.3, -0.25) is 4.79 Å². The van der Waals surface area contributed by atoms with E-state index in [1.165, 1.54) is 6.08 Å². The smallest absolute Gasteiger partial charge is 0.376 e. The van der Waals surface area contributed by atoms with E-state index < -0.39 is 11.8 Å². The number of carbonyl (C=O) groups is 2. The van der Waals surface area contributed by atoms with Crippen LogP contribution in [-0.2, 0) is 9.59 Å². The molecule has 0 amide bonds. The van der Waals surface area contributed by atoms with Crippen LogP contribution in [0, 0.1) is 11.3 Å². The molecular formula is C11H7NO3. The second kappa shape index (κ2) is 4.72. The third-order valence-corrected chi connectivity index (χ3v) is 1.71. The van der Waals surface area contributed by atoms with E-state index in [1.54, 1.807) is 24.3 Å². The monoisotopic (exact) mass is 201 g/mol. The van der Waals surface area contributed by atoms with Crippen LogP contribution >= 0.6 is 0 Å². The van der Waals surface area contributed by atoms with Crippen molar-refractivity contribution in [2.75, 3.05) is 0 Å². The first kappa shape index (κ1) is 10.7. The molecule has 0 saturated carbocycles. The fourth-order valence-corrected chi connectivity index (χ4v) is 0.981. The van der Waals surface area contributed by atoms with Gasteiger partial charge in [-0.1, -0.05) is 18.2 Å². The molecule has 0 fully saturated rings. The van der Waals surface area contributed by atoms with Crippen LogP contribution in [0.5, 0.6) is 0 Å². The molecule has 1 aromatic carbocycles. The Morgan fingerprint density at radius 2 is 2.00 bits per heavy atom. The van der Waals surface area contributed by atoms with Gasteiger partial charge in [-0.05, 0) is 23.8 Å². The van der Waals surface area contributed by atoms with E-state index in [-0.39, 0.29) is 0 Å². The summed E-state index contributed by atoms with van der Waals surface area (Å²) < 4.78 is 0. The second-order valence-electron chi connectivity index (χ2n) is 2.70. The Morgan fingerprint density at radius 3 is 2.60 bits per heavy atom. The highest BCUT2D eigenvalue weighted by Crippen LogP contribution is 2.08. The van der Waals surface area contributed by atoms with Crippen LogP contribution in [0.1, 0.15) is 11.1 Å². The van der Waals surface area contributed by atoms with Gasteiger partial charge < -0.3 is 5.11 Å². The second-order valence-corrected chi connectivity index (χ2v) is 2.70. The highest BCUT2D eigenvalue weighted by molar-refractivity contribution is 6.38. The fourth-order valence-electron chi connectivity index (χ4n) is 0.981. The number of rotatable bonds is 3. The van der Waals surface area contributed by atoms with E-state index in [2.05, 4.69) is 0 Å². The van der Waals surface area contributed by atoms with Crippen LogP contribution < -0.4 is 0 Å². The Morgan fingerprint density at radius 1 is 1.33 bits per heavy atom. The van der Waals surface area contributed by atoms with Gasteiger partial charge in [0.1, 0.15) is 0 Å². The van der Waals surface area contributed by atoms with Crippen LogP contribution in [-0.4, -0.2) is 16.9 Å². The van der Waals surface area contributed by atoms with Crippen molar-refractivity contribution in [1.29, 1.82) is 5.26 Å². The molecule has 0 radical (unpaired) electrons. The minimum Gasteiger partial charge on any atom is -0.475 e. The third kappa shape index (κ3) is 2.78. The number of benzene rings is 1. The zero-order chi connectivity index (χ0) is 11.3. The summed E-state index contributed by atoms with van der Waals surface area (Å²) >= 11 is 0. The Labute approximate surface area is 86.1 Å². The summed E-state index contributed by atoms with van der Waals surface area (Å²) in [6, 6.07) is 8.55. The van der Waals surface area contributed by atoms with Crippen LogP contribution in [0.3, 0.4) is 0 Å². The maximum absolute atomic E-state index is 10.7.